The third-order valence-corrected chi connectivity index (χ3v) is 6.77. The molecule has 7 nitrogen and oxygen atoms in total. The molecule has 1 atom stereocenters. The van der Waals surface area contributed by atoms with Gasteiger partial charge in [0.15, 0.2) is 5.65 Å². The zero-order chi connectivity index (χ0) is 22.4. The molecule has 0 amide bonds. The Bertz CT molecular complexity index is 1310. The molecule has 0 radical (unpaired) electrons. The molecule has 2 aromatic carbocycles. The van der Waals surface area contributed by atoms with Crippen LogP contribution in [0.15, 0.2) is 48.8 Å². The van der Waals surface area contributed by atoms with Crippen LogP contribution in [0.2, 0.25) is 0 Å². The largest absolute Gasteiger partial charge is 0.383 e. The predicted molar refractivity (Wildman–Crippen MR) is 127 cm³/mol. The first-order chi connectivity index (χ1) is 16.2. The third-order valence-electron chi connectivity index (χ3n) is 6.77. The van der Waals surface area contributed by atoms with Gasteiger partial charge in [-0.15, -0.1) is 0 Å². The fraction of sp³-hybridized carbons (Fsp3) is 0.320. The first-order valence-electron chi connectivity index (χ1n) is 11.5. The van der Waals surface area contributed by atoms with E-state index >= 15 is 0 Å². The number of fused-ring (bicyclic) bond motifs is 2. The molecular formula is C25H26FN7. The summed E-state index contributed by atoms with van der Waals surface area (Å²) in [6, 6.07) is 13.8. The summed E-state index contributed by atoms with van der Waals surface area (Å²) in [6.07, 6.45) is 4.57. The zero-order valence-corrected chi connectivity index (χ0v) is 18.3. The number of halogens is 1. The molecule has 0 spiro atoms. The number of hydrogen-bond acceptors (Lipinski definition) is 6. The average molecular weight is 444 g/mol. The first kappa shape index (κ1) is 20.1. The zero-order valence-electron chi connectivity index (χ0n) is 18.3. The van der Waals surface area contributed by atoms with Crippen molar-refractivity contribution >= 4 is 22.5 Å². The lowest BCUT2D eigenvalue weighted by Gasteiger charge is -2.23. The third kappa shape index (κ3) is 3.60. The summed E-state index contributed by atoms with van der Waals surface area (Å²) < 4.78 is 15.6. The molecule has 0 unspecified atom stereocenters. The van der Waals surface area contributed by atoms with Gasteiger partial charge in [-0.2, -0.15) is 5.10 Å². The van der Waals surface area contributed by atoms with E-state index in [1.807, 2.05) is 10.7 Å². The van der Waals surface area contributed by atoms with Gasteiger partial charge in [0.25, 0.3) is 0 Å². The van der Waals surface area contributed by atoms with Gasteiger partial charge in [0.2, 0.25) is 0 Å². The summed E-state index contributed by atoms with van der Waals surface area (Å²) in [4.78, 5) is 11.1. The standard InChI is InChI=1S/C25H26FN7/c26-19-7-8-21-18(12-19)9-11-32(21)14-16-3-5-17(6-4-16)23-22-24(27)29-15-30-25(22)33(31-23)20-2-1-10-28-13-20/h3-8,12,15,20,28H,1-2,9-11,13-14H2,(H2,27,29,30)/t20-/m1/s1. The number of aromatic nitrogens is 4. The van der Waals surface area contributed by atoms with Crippen molar-refractivity contribution in [3.05, 3.63) is 65.7 Å². The minimum Gasteiger partial charge on any atom is -0.383 e. The molecule has 2 aliphatic heterocycles. The highest BCUT2D eigenvalue weighted by atomic mass is 19.1. The SMILES string of the molecule is Nc1ncnc2c1c(-c1ccc(CN3CCc4cc(F)ccc43)cc1)nn2[C@@H]1CCCNC1. The Morgan fingerprint density at radius 2 is 2.00 bits per heavy atom. The van der Waals surface area contributed by atoms with Gasteiger partial charge in [0, 0.05) is 30.9 Å². The van der Waals surface area contributed by atoms with Crippen molar-refractivity contribution in [3.8, 4) is 11.3 Å². The van der Waals surface area contributed by atoms with Crippen molar-refractivity contribution < 1.29 is 4.39 Å². The van der Waals surface area contributed by atoms with Gasteiger partial charge in [-0.05, 0) is 55.1 Å². The second kappa shape index (κ2) is 8.12. The summed E-state index contributed by atoms with van der Waals surface area (Å²) in [5, 5.41) is 9.23. The van der Waals surface area contributed by atoms with Crippen LogP contribution in [-0.2, 0) is 13.0 Å². The van der Waals surface area contributed by atoms with E-state index in [0.717, 1.165) is 79.0 Å². The summed E-state index contributed by atoms with van der Waals surface area (Å²) in [7, 11) is 0. The Hall–Kier alpha value is -3.52. The van der Waals surface area contributed by atoms with Crippen LogP contribution in [0.5, 0.6) is 0 Å². The quantitative estimate of drug-likeness (QED) is 0.500. The van der Waals surface area contributed by atoms with Gasteiger partial charge in [-0.3, -0.25) is 0 Å². The lowest BCUT2D eigenvalue weighted by atomic mass is 10.1. The van der Waals surface area contributed by atoms with Crippen LogP contribution in [0.4, 0.5) is 15.9 Å². The van der Waals surface area contributed by atoms with E-state index < -0.39 is 0 Å². The molecule has 2 aliphatic rings. The minimum absolute atomic E-state index is 0.168. The molecule has 168 valence electrons. The van der Waals surface area contributed by atoms with Crippen molar-refractivity contribution in [2.24, 2.45) is 0 Å². The topological polar surface area (TPSA) is 84.9 Å². The van der Waals surface area contributed by atoms with Crippen molar-refractivity contribution in [2.45, 2.75) is 31.8 Å². The molecule has 6 rings (SSSR count). The van der Waals surface area contributed by atoms with Crippen LogP contribution in [0.25, 0.3) is 22.3 Å². The molecule has 4 aromatic rings. The second-order valence-corrected chi connectivity index (χ2v) is 8.89. The number of nitrogens with two attached hydrogens (primary N) is 1. The van der Waals surface area contributed by atoms with Gasteiger partial charge in [0.1, 0.15) is 23.7 Å². The van der Waals surface area contributed by atoms with E-state index in [0.29, 0.717) is 5.82 Å². The van der Waals surface area contributed by atoms with Crippen molar-refractivity contribution in [1.29, 1.82) is 0 Å². The summed E-state index contributed by atoms with van der Waals surface area (Å²) >= 11 is 0. The van der Waals surface area contributed by atoms with Gasteiger partial charge in [-0.1, -0.05) is 24.3 Å². The maximum absolute atomic E-state index is 13.5. The number of rotatable bonds is 4. The normalized spacial score (nSPS) is 18.1. The highest BCUT2D eigenvalue weighted by Crippen LogP contribution is 2.34. The molecule has 33 heavy (non-hydrogen) atoms. The Labute approximate surface area is 191 Å². The van der Waals surface area contributed by atoms with Crippen LogP contribution in [-0.4, -0.2) is 39.4 Å². The molecule has 0 bridgehead atoms. The van der Waals surface area contributed by atoms with Crippen LogP contribution >= 0.6 is 0 Å². The molecule has 1 fully saturated rings. The Kier molecular flexibility index (Phi) is 4.95. The van der Waals surface area contributed by atoms with E-state index in [1.54, 1.807) is 6.07 Å². The Morgan fingerprint density at radius 1 is 1.12 bits per heavy atom. The number of nitrogens with one attached hydrogen (secondary N) is 1. The van der Waals surface area contributed by atoms with Crippen LogP contribution < -0.4 is 16.0 Å². The molecule has 3 N–H and O–H groups in total. The molecular weight excluding hydrogens is 417 g/mol. The molecule has 0 saturated carbocycles. The number of piperidine rings is 1. The molecule has 4 heterocycles. The highest BCUT2D eigenvalue weighted by molar-refractivity contribution is 5.98. The fourth-order valence-electron chi connectivity index (χ4n) is 5.09. The average Bonchev–Trinajstić information content (AvgIpc) is 3.42. The van der Waals surface area contributed by atoms with Crippen LogP contribution in [0.1, 0.15) is 30.0 Å². The van der Waals surface area contributed by atoms with Crippen molar-refractivity contribution in [3.63, 3.8) is 0 Å². The monoisotopic (exact) mass is 443 g/mol. The van der Waals surface area contributed by atoms with Gasteiger partial charge < -0.3 is 16.0 Å². The Balaban J connectivity index is 1.31. The second-order valence-electron chi connectivity index (χ2n) is 8.89. The van der Waals surface area contributed by atoms with E-state index in [-0.39, 0.29) is 11.9 Å². The van der Waals surface area contributed by atoms with Gasteiger partial charge in [-0.25, -0.2) is 19.0 Å². The fourth-order valence-corrected chi connectivity index (χ4v) is 5.09. The lowest BCUT2D eigenvalue weighted by Crippen LogP contribution is -2.32. The van der Waals surface area contributed by atoms with Gasteiger partial charge in [0.05, 0.1) is 11.4 Å². The van der Waals surface area contributed by atoms with Crippen LogP contribution in [0.3, 0.4) is 0 Å². The first-order valence-corrected chi connectivity index (χ1v) is 11.5. The van der Waals surface area contributed by atoms with Crippen molar-refractivity contribution in [2.75, 3.05) is 30.3 Å². The lowest BCUT2D eigenvalue weighted by molar-refractivity contribution is 0.354. The molecule has 8 heteroatoms. The number of hydrogen-bond donors (Lipinski definition) is 2. The predicted octanol–water partition coefficient (Wildman–Crippen LogP) is 3.70. The molecule has 2 aromatic heterocycles. The number of nitrogens with zero attached hydrogens (tertiary/aromatic N) is 5. The van der Waals surface area contributed by atoms with Crippen LogP contribution in [0, 0.1) is 5.82 Å². The molecule has 0 aliphatic carbocycles. The van der Waals surface area contributed by atoms with Crippen molar-refractivity contribution in [1.82, 2.24) is 25.1 Å². The summed E-state index contributed by atoms with van der Waals surface area (Å²) in [5.41, 5.74) is 12.3. The molecule has 1 saturated heterocycles. The summed E-state index contributed by atoms with van der Waals surface area (Å²) in [6.45, 7) is 3.60. The number of nitrogen functional groups attached to an aromatic ring is 1. The van der Waals surface area contributed by atoms with E-state index in [1.165, 1.54) is 18.0 Å². The maximum atomic E-state index is 13.5. The van der Waals surface area contributed by atoms with E-state index in [2.05, 4.69) is 44.5 Å². The smallest absolute Gasteiger partial charge is 0.164 e. The highest BCUT2D eigenvalue weighted by Gasteiger charge is 2.24. The number of benzene rings is 2. The summed E-state index contributed by atoms with van der Waals surface area (Å²) in [5.74, 6) is 0.286. The number of anilines is 2. The Morgan fingerprint density at radius 3 is 2.82 bits per heavy atom. The van der Waals surface area contributed by atoms with E-state index in [9.17, 15) is 4.39 Å². The van der Waals surface area contributed by atoms with E-state index in [4.69, 9.17) is 10.8 Å². The van der Waals surface area contributed by atoms with Gasteiger partial charge >= 0.3 is 0 Å². The maximum Gasteiger partial charge on any atom is 0.164 e. The minimum atomic E-state index is -0.168.